The Balaban J connectivity index is 4.41. The van der Waals surface area contributed by atoms with Gasteiger partial charge in [0, 0.05) is 12.8 Å². The molecule has 0 aliphatic heterocycles. The van der Waals surface area contributed by atoms with E-state index in [0.717, 1.165) is 64.2 Å². The highest BCUT2D eigenvalue weighted by Crippen LogP contribution is 2.43. The van der Waals surface area contributed by atoms with Crippen molar-refractivity contribution in [1.82, 2.24) is 0 Å². The van der Waals surface area contributed by atoms with E-state index in [9.17, 15) is 19.0 Å². The van der Waals surface area contributed by atoms with Crippen molar-refractivity contribution in [3.63, 3.8) is 0 Å². The number of unbranched alkanes of at least 4 members (excludes halogenated alkanes) is 21. The predicted molar refractivity (Wildman–Crippen MR) is 220 cm³/mol. The van der Waals surface area contributed by atoms with E-state index in [1.54, 1.807) is 0 Å². The number of ether oxygens (including phenoxy) is 2. The normalized spacial score (nSPS) is 13.8. The molecule has 0 aromatic rings. The van der Waals surface area contributed by atoms with Gasteiger partial charge < -0.3 is 18.9 Å². The minimum absolute atomic E-state index is 0.0288. The molecular weight excluding hydrogens is 689 g/mol. The zero-order valence-corrected chi connectivity index (χ0v) is 35.9. The Morgan fingerprint density at radius 1 is 0.566 bits per heavy atom. The molecule has 0 saturated carbocycles. The van der Waals surface area contributed by atoms with Crippen LogP contribution in [-0.4, -0.2) is 74.9 Å². The maximum Gasteiger partial charge on any atom is 0.472 e. The fourth-order valence-electron chi connectivity index (χ4n) is 5.77. The number of nitrogens with zero attached hydrogens (tertiary/aromatic N) is 1. The zero-order valence-electron chi connectivity index (χ0n) is 35.0. The maximum absolute atomic E-state index is 12.7. The monoisotopic (exact) mass is 773 g/mol. The van der Waals surface area contributed by atoms with Crippen LogP contribution in [0.25, 0.3) is 0 Å². The Labute approximate surface area is 326 Å². The van der Waals surface area contributed by atoms with Crippen LogP contribution < -0.4 is 0 Å². The first-order valence-electron chi connectivity index (χ1n) is 21.6. The molecule has 0 aromatic carbocycles. The second-order valence-electron chi connectivity index (χ2n) is 15.7. The summed E-state index contributed by atoms with van der Waals surface area (Å²) in [5, 5.41) is 0. The highest BCUT2D eigenvalue weighted by atomic mass is 31.2. The van der Waals surface area contributed by atoms with Gasteiger partial charge in [-0.15, -0.1) is 0 Å². The molecule has 0 spiro atoms. The van der Waals surface area contributed by atoms with Crippen LogP contribution in [0.4, 0.5) is 0 Å². The Morgan fingerprint density at radius 2 is 0.962 bits per heavy atom. The van der Waals surface area contributed by atoms with Crippen LogP contribution in [0.5, 0.6) is 0 Å². The van der Waals surface area contributed by atoms with Crippen molar-refractivity contribution < 1.29 is 42.1 Å². The van der Waals surface area contributed by atoms with Crippen LogP contribution in [0.3, 0.4) is 0 Å². The summed E-state index contributed by atoms with van der Waals surface area (Å²) >= 11 is 0. The van der Waals surface area contributed by atoms with Gasteiger partial charge in [0.1, 0.15) is 19.8 Å². The molecule has 0 amide bonds. The molecule has 0 bridgehead atoms. The Bertz CT molecular complexity index is 964. The SMILES string of the molecule is CCCCCCC/C=C/CCCCCCCC(=O)OC[C@H](COP(=O)(O)OCC[N+](C)(C)C)OC(=O)CCCCC/C=C/CCCCCCCCCC. The van der Waals surface area contributed by atoms with E-state index in [4.69, 9.17) is 18.5 Å². The van der Waals surface area contributed by atoms with E-state index in [0.29, 0.717) is 17.4 Å². The molecule has 0 radical (unpaired) electrons. The topological polar surface area (TPSA) is 108 Å². The lowest BCUT2D eigenvalue weighted by atomic mass is 10.1. The van der Waals surface area contributed by atoms with Gasteiger partial charge >= 0.3 is 19.8 Å². The van der Waals surface area contributed by atoms with Crippen LogP contribution in [-0.2, 0) is 32.7 Å². The van der Waals surface area contributed by atoms with E-state index >= 15 is 0 Å². The van der Waals surface area contributed by atoms with Gasteiger partial charge in [0.15, 0.2) is 6.10 Å². The molecule has 0 fully saturated rings. The van der Waals surface area contributed by atoms with Gasteiger partial charge in [-0.2, -0.15) is 0 Å². The highest BCUT2D eigenvalue weighted by molar-refractivity contribution is 7.47. The molecule has 9 nitrogen and oxygen atoms in total. The molecule has 312 valence electrons. The van der Waals surface area contributed by atoms with Crippen LogP contribution in [0, 0.1) is 0 Å². The molecule has 1 N–H and O–H groups in total. The average molecular weight is 773 g/mol. The molecule has 0 rings (SSSR count). The van der Waals surface area contributed by atoms with Gasteiger partial charge in [0.05, 0.1) is 27.7 Å². The molecule has 53 heavy (non-hydrogen) atoms. The summed E-state index contributed by atoms with van der Waals surface area (Å²) in [6.45, 7) is 4.39. The lowest BCUT2D eigenvalue weighted by Gasteiger charge is -2.24. The summed E-state index contributed by atoms with van der Waals surface area (Å²) in [6, 6.07) is 0. The summed E-state index contributed by atoms with van der Waals surface area (Å²) in [5.74, 6) is -0.824. The molecule has 0 aromatic heterocycles. The lowest BCUT2D eigenvalue weighted by Crippen LogP contribution is -2.37. The maximum atomic E-state index is 12.7. The number of hydrogen-bond acceptors (Lipinski definition) is 7. The summed E-state index contributed by atoms with van der Waals surface area (Å²) < 4.78 is 34.2. The van der Waals surface area contributed by atoms with Crippen molar-refractivity contribution in [1.29, 1.82) is 0 Å². The smallest absolute Gasteiger partial charge is 0.462 e. The van der Waals surface area contributed by atoms with Crippen LogP contribution >= 0.6 is 7.82 Å². The third-order valence-electron chi connectivity index (χ3n) is 9.20. The van der Waals surface area contributed by atoms with Gasteiger partial charge in [-0.05, 0) is 64.2 Å². The minimum Gasteiger partial charge on any atom is -0.462 e. The van der Waals surface area contributed by atoms with E-state index in [2.05, 4.69) is 38.2 Å². The summed E-state index contributed by atoms with van der Waals surface area (Å²) in [6.07, 6.45) is 37.9. The summed E-state index contributed by atoms with van der Waals surface area (Å²) in [5.41, 5.74) is 0. The van der Waals surface area contributed by atoms with Crippen molar-refractivity contribution in [2.45, 2.75) is 193 Å². The van der Waals surface area contributed by atoms with Gasteiger partial charge in [0.2, 0.25) is 0 Å². The molecule has 0 heterocycles. The molecular formula is C43H83NO8P+. The number of quaternary nitrogens is 1. The molecule has 0 aliphatic rings. The second-order valence-corrected chi connectivity index (χ2v) is 17.2. The number of allylic oxidation sites excluding steroid dienone is 4. The minimum atomic E-state index is -4.37. The largest absolute Gasteiger partial charge is 0.472 e. The van der Waals surface area contributed by atoms with Crippen LogP contribution in [0.2, 0.25) is 0 Å². The number of rotatable bonds is 39. The van der Waals surface area contributed by atoms with E-state index in [-0.39, 0.29) is 32.0 Å². The fraction of sp³-hybridized carbons (Fsp3) is 0.860. The number of esters is 2. The number of likely N-dealkylation sites (N-methyl/N-ethyl adjacent to an activating group) is 1. The van der Waals surface area contributed by atoms with E-state index < -0.39 is 26.5 Å². The Hall–Kier alpha value is -1.51. The third kappa shape index (κ3) is 40.0. The lowest BCUT2D eigenvalue weighted by molar-refractivity contribution is -0.870. The van der Waals surface area contributed by atoms with Crippen LogP contribution in [0.15, 0.2) is 24.3 Å². The van der Waals surface area contributed by atoms with Crippen molar-refractivity contribution >= 4 is 19.8 Å². The molecule has 0 saturated heterocycles. The number of carbonyl (C=O) groups is 2. The van der Waals surface area contributed by atoms with Crippen LogP contribution in [0.1, 0.15) is 187 Å². The molecule has 1 unspecified atom stereocenters. The van der Waals surface area contributed by atoms with E-state index in [1.807, 2.05) is 21.1 Å². The van der Waals surface area contributed by atoms with Gasteiger partial charge in [-0.25, -0.2) is 4.57 Å². The number of phosphoric ester groups is 1. The number of carbonyl (C=O) groups excluding carboxylic acids is 2. The standard InChI is InChI=1S/C43H82NO8P/c1-6-8-10-12-14-16-18-20-22-24-26-28-30-32-34-36-43(46)52-41(40-51-53(47,48)50-38-37-44(3,4)5)39-49-42(45)35-33-31-29-27-25-23-21-19-17-15-13-11-9-7-2/h19,21,24,26,41H,6-18,20,22-23,25,27-40H2,1-5H3/p+1/b21-19+,26-24+/t41-/m1/s1. The van der Waals surface area contributed by atoms with Gasteiger partial charge in [-0.3, -0.25) is 18.6 Å². The van der Waals surface area contributed by atoms with Crippen molar-refractivity contribution in [3.8, 4) is 0 Å². The highest BCUT2D eigenvalue weighted by Gasteiger charge is 2.27. The van der Waals surface area contributed by atoms with E-state index in [1.165, 1.54) is 89.9 Å². The third-order valence-corrected chi connectivity index (χ3v) is 10.2. The van der Waals surface area contributed by atoms with Gasteiger partial charge in [0.25, 0.3) is 0 Å². The van der Waals surface area contributed by atoms with Crippen molar-refractivity contribution in [2.24, 2.45) is 0 Å². The summed E-state index contributed by atoms with van der Waals surface area (Å²) in [4.78, 5) is 35.3. The molecule has 0 aliphatic carbocycles. The molecule has 10 heteroatoms. The first-order chi connectivity index (χ1) is 25.5. The average Bonchev–Trinajstić information content (AvgIpc) is 3.10. The predicted octanol–water partition coefficient (Wildman–Crippen LogP) is 12.0. The quantitative estimate of drug-likeness (QED) is 0.0216. The van der Waals surface area contributed by atoms with Gasteiger partial charge in [-0.1, -0.05) is 134 Å². The van der Waals surface area contributed by atoms with Crippen molar-refractivity contribution in [3.05, 3.63) is 24.3 Å². The fourth-order valence-corrected chi connectivity index (χ4v) is 6.51. The van der Waals surface area contributed by atoms with Crippen molar-refractivity contribution in [2.75, 3.05) is 47.5 Å². The number of phosphoric acid groups is 1. The second kappa shape index (κ2) is 36.1. The Morgan fingerprint density at radius 3 is 1.42 bits per heavy atom. The summed E-state index contributed by atoms with van der Waals surface area (Å²) in [7, 11) is 1.47. The first kappa shape index (κ1) is 51.5. The molecule has 2 atom stereocenters. The number of hydrogen-bond donors (Lipinski definition) is 1. The zero-order chi connectivity index (χ0) is 39.3. The first-order valence-corrected chi connectivity index (χ1v) is 23.1. The Kier molecular flexibility index (Phi) is 35.1.